The molecule has 7 heteroatoms. The summed E-state index contributed by atoms with van der Waals surface area (Å²) in [6.45, 7) is 2.59. The molecule has 0 saturated carbocycles. The van der Waals surface area contributed by atoms with Gasteiger partial charge in [-0.15, -0.1) is 10.2 Å². The van der Waals surface area contributed by atoms with Gasteiger partial charge in [0.15, 0.2) is 11.0 Å². The molecule has 3 aromatic heterocycles. The van der Waals surface area contributed by atoms with Gasteiger partial charge >= 0.3 is 0 Å². The SMILES string of the molecule is CCOc1ccccc1-c1nnc(SCc2cn3ccccc3n2)n1C. The fourth-order valence-corrected chi connectivity index (χ4v) is 3.60. The fraction of sp³-hybridized carbons (Fsp3) is 0.211. The van der Waals surface area contributed by atoms with Crippen molar-refractivity contribution in [2.45, 2.75) is 17.8 Å². The number of ether oxygens (including phenoxy) is 1. The predicted molar refractivity (Wildman–Crippen MR) is 102 cm³/mol. The number of para-hydroxylation sites is 1. The smallest absolute Gasteiger partial charge is 0.191 e. The van der Waals surface area contributed by atoms with Gasteiger partial charge in [-0.2, -0.15) is 0 Å². The van der Waals surface area contributed by atoms with Crippen LogP contribution in [0.4, 0.5) is 0 Å². The molecule has 0 saturated heterocycles. The van der Waals surface area contributed by atoms with Gasteiger partial charge in [0.2, 0.25) is 0 Å². The summed E-state index contributed by atoms with van der Waals surface area (Å²) >= 11 is 1.62. The van der Waals surface area contributed by atoms with Crippen molar-refractivity contribution in [1.82, 2.24) is 24.1 Å². The van der Waals surface area contributed by atoms with Crippen molar-refractivity contribution in [1.29, 1.82) is 0 Å². The van der Waals surface area contributed by atoms with Gasteiger partial charge in [-0.3, -0.25) is 0 Å². The highest BCUT2D eigenvalue weighted by Gasteiger charge is 2.15. The molecule has 3 heterocycles. The van der Waals surface area contributed by atoms with E-state index in [0.29, 0.717) is 6.61 Å². The molecular weight excluding hydrogens is 346 g/mol. The highest BCUT2D eigenvalue weighted by atomic mass is 32.2. The molecule has 0 amide bonds. The molecular formula is C19H19N5OS. The number of fused-ring (bicyclic) bond motifs is 1. The van der Waals surface area contributed by atoms with Crippen molar-refractivity contribution in [3.05, 3.63) is 60.6 Å². The Kier molecular flexibility index (Phi) is 4.62. The van der Waals surface area contributed by atoms with Crippen LogP contribution in [0.2, 0.25) is 0 Å². The average Bonchev–Trinajstić information content (AvgIpc) is 3.24. The molecule has 4 rings (SSSR count). The summed E-state index contributed by atoms with van der Waals surface area (Å²) in [6, 6.07) is 13.9. The van der Waals surface area contributed by atoms with E-state index in [1.54, 1.807) is 11.8 Å². The molecule has 0 radical (unpaired) electrons. The Balaban J connectivity index is 1.56. The molecule has 0 fully saturated rings. The largest absolute Gasteiger partial charge is 0.493 e. The Morgan fingerprint density at radius 1 is 1.08 bits per heavy atom. The third-order valence-electron chi connectivity index (χ3n) is 4.03. The third kappa shape index (κ3) is 3.17. The van der Waals surface area contributed by atoms with E-state index in [9.17, 15) is 0 Å². The molecule has 132 valence electrons. The number of hydrogen-bond donors (Lipinski definition) is 0. The predicted octanol–water partition coefficient (Wildman–Crippen LogP) is 3.82. The van der Waals surface area contributed by atoms with Gasteiger partial charge < -0.3 is 13.7 Å². The van der Waals surface area contributed by atoms with E-state index in [1.807, 2.05) is 77.8 Å². The highest BCUT2D eigenvalue weighted by Crippen LogP contribution is 2.31. The number of benzene rings is 1. The minimum atomic E-state index is 0.615. The summed E-state index contributed by atoms with van der Waals surface area (Å²) in [5.74, 6) is 2.36. The summed E-state index contributed by atoms with van der Waals surface area (Å²) in [5.41, 5.74) is 2.91. The summed E-state index contributed by atoms with van der Waals surface area (Å²) in [7, 11) is 1.98. The van der Waals surface area contributed by atoms with Crippen LogP contribution in [0.3, 0.4) is 0 Å². The van der Waals surface area contributed by atoms with Gasteiger partial charge in [0.05, 0.1) is 17.9 Å². The van der Waals surface area contributed by atoms with Gasteiger partial charge in [0, 0.05) is 25.2 Å². The number of thioether (sulfide) groups is 1. The molecule has 0 N–H and O–H groups in total. The summed E-state index contributed by atoms with van der Waals surface area (Å²) < 4.78 is 9.74. The van der Waals surface area contributed by atoms with Crippen LogP contribution < -0.4 is 4.74 Å². The topological polar surface area (TPSA) is 57.2 Å². The standard InChI is InChI=1S/C19H19N5OS/c1-3-25-16-9-5-4-8-15(16)18-21-22-19(23(18)2)26-13-14-12-24-11-7-6-10-17(24)20-14/h4-12H,3,13H2,1-2H3. The van der Waals surface area contributed by atoms with E-state index < -0.39 is 0 Å². The van der Waals surface area contributed by atoms with Crippen LogP contribution in [0.1, 0.15) is 12.6 Å². The number of rotatable bonds is 6. The molecule has 0 aliphatic rings. The Bertz CT molecular complexity index is 1010. The zero-order chi connectivity index (χ0) is 17.9. The van der Waals surface area contributed by atoms with Gasteiger partial charge in [-0.25, -0.2) is 4.98 Å². The molecule has 0 unspecified atom stereocenters. The van der Waals surface area contributed by atoms with E-state index in [0.717, 1.165) is 39.4 Å². The van der Waals surface area contributed by atoms with E-state index in [-0.39, 0.29) is 0 Å². The maximum Gasteiger partial charge on any atom is 0.191 e. The van der Waals surface area contributed by atoms with Crippen molar-refractivity contribution < 1.29 is 4.74 Å². The molecule has 0 aliphatic carbocycles. The summed E-state index contributed by atoms with van der Waals surface area (Å²) in [4.78, 5) is 4.63. The lowest BCUT2D eigenvalue weighted by Crippen LogP contribution is -1.99. The highest BCUT2D eigenvalue weighted by molar-refractivity contribution is 7.98. The zero-order valence-corrected chi connectivity index (χ0v) is 15.5. The number of aromatic nitrogens is 5. The molecule has 0 bridgehead atoms. The van der Waals surface area contributed by atoms with Gasteiger partial charge in [0.1, 0.15) is 11.4 Å². The first-order valence-corrected chi connectivity index (χ1v) is 9.42. The lowest BCUT2D eigenvalue weighted by Gasteiger charge is -2.09. The maximum atomic E-state index is 5.72. The number of pyridine rings is 1. The van der Waals surface area contributed by atoms with Crippen LogP contribution in [0, 0.1) is 0 Å². The number of imidazole rings is 1. The first-order valence-electron chi connectivity index (χ1n) is 8.43. The second kappa shape index (κ2) is 7.21. The molecule has 6 nitrogen and oxygen atoms in total. The molecule has 4 aromatic rings. The minimum Gasteiger partial charge on any atom is -0.493 e. The second-order valence-corrected chi connectivity index (χ2v) is 6.72. The first kappa shape index (κ1) is 16.7. The van der Waals surface area contributed by atoms with Crippen LogP contribution in [0.5, 0.6) is 5.75 Å². The number of hydrogen-bond acceptors (Lipinski definition) is 5. The van der Waals surface area contributed by atoms with Crippen molar-refractivity contribution in [2.24, 2.45) is 7.05 Å². The van der Waals surface area contributed by atoms with Crippen LogP contribution in [0.25, 0.3) is 17.0 Å². The fourth-order valence-electron chi connectivity index (χ4n) is 2.80. The van der Waals surface area contributed by atoms with Gasteiger partial charge in [-0.05, 0) is 31.2 Å². The maximum absolute atomic E-state index is 5.72. The van der Waals surface area contributed by atoms with Crippen LogP contribution in [-0.2, 0) is 12.8 Å². The Labute approximate surface area is 155 Å². The average molecular weight is 365 g/mol. The third-order valence-corrected chi connectivity index (χ3v) is 5.08. The lowest BCUT2D eigenvalue weighted by molar-refractivity contribution is 0.341. The molecule has 0 spiro atoms. The number of nitrogens with zero attached hydrogens (tertiary/aromatic N) is 5. The zero-order valence-electron chi connectivity index (χ0n) is 14.7. The lowest BCUT2D eigenvalue weighted by atomic mass is 10.2. The summed E-state index contributed by atoms with van der Waals surface area (Å²) in [5, 5.41) is 9.57. The second-order valence-electron chi connectivity index (χ2n) is 5.78. The van der Waals surface area contributed by atoms with Crippen molar-refractivity contribution >= 4 is 17.4 Å². The van der Waals surface area contributed by atoms with E-state index >= 15 is 0 Å². The quantitative estimate of drug-likeness (QED) is 0.486. The molecule has 1 aromatic carbocycles. The van der Waals surface area contributed by atoms with E-state index in [1.165, 1.54) is 0 Å². The first-order chi connectivity index (χ1) is 12.8. The Morgan fingerprint density at radius 3 is 2.77 bits per heavy atom. The van der Waals surface area contributed by atoms with Crippen LogP contribution >= 0.6 is 11.8 Å². The Morgan fingerprint density at radius 2 is 1.92 bits per heavy atom. The monoisotopic (exact) mass is 365 g/mol. The van der Waals surface area contributed by atoms with E-state index in [2.05, 4.69) is 15.2 Å². The van der Waals surface area contributed by atoms with Crippen molar-refractivity contribution in [3.63, 3.8) is 0 Å². The normalized spacial score (nSPS) is 11.2. The van der Waals surface area contributed by atoms with Gasteiger partial charge in [0.25, 0.3) is 0 Å². The molecule has 26 heavy (non-hydrogen) atoms. The van der Waals surface area contributed by atoms with Crippen LogP contribution in [-0.4, -0.2) is 30.8 Å². The van der Waals surface area contributed by atoms with Crippen LogP contribution in [0.15, 0.2) is 60.0 Å². The molecule has 0 aliphatic heterocycles. The van der Waals surface area contributed by atoms with E-state index in [4.69, 9.17) is 4.74 Å². The van der Waals surface area contributed by atoms with Crippen molar-refractivity contribution in [2.75, 3.05) is 6.61 Å². The molecule has 0 atom stereocenters. The van der Waals surface area contributed by atoms with Crippen molar-refractivity contribution in [3.8, 4) is 17.1 Å². The summed E-state index contributed by atoms with van der Waals surface area (Å²) in [6.07, 6.45) is 4.05. The minimum absolute atomic E-state index is 0.615. The Hall–Kier alpha value is -2.80. The van der Waals surface area contributed by atoms with Gasteiger partial charge in [-0.1, -0.05) is 30.0 Å².